The van der Waals surface area contributed by atoms with Crippen molar-refractivity contribution in [2.45, 2.75) is 57.5 Å². The predicted molar refractivity (Wildman–Crippen MR) is 84.2 cm³/mol. The first-order valence-corrected chi connectivity index (χ1v) is 8.53. The molecule has 3 N–H and O–H groups in total. The number of carbonyl (C=O) groups is 2. The van der Waals surface area contributed by atoms with Crippen molar-refractivity contribution in [2.24, 2.45) is 11.7 Å². The summed E-state index contributed by atoms with van der Waals surface area (Å²) in [5.41, 5.74) is 6.18. The number of amides is 2. The van der Waals surface area contributed by atoms with Gasteiger partial charge in [0.25, 0.3) is 0 Å². The number of rotatable bonds is 5. The summed E-state index contributed by atoms with van der Waals surface area (Å²) in [7, 11) is 0. The summed E-state index contributed by atoms with van der Waals surface area (Å²) in [4.78, 5) is 26.2. The molecule has 0 aromatic carbocycles. The van der Waals surface area contributed by atoms with Gasteiger partial charge in [0.05, 0.1) is 6.04 Å². The number of piperidine rings is 1. The van der Waals surface area contributed by atoms with Crippen molar-refractivity contribution in [3.8, 4) is 0 Å². The molecule has 0 aromatic rings. The SMILES string of the molecule is CCCC(=O)NC1CCCN(C(=O)C(N)C2CCOCC2)C1. The van der Waals surface area contributed by atoms with Crippen LogP contribution in [0.3, 0.4) is 0 Å². The topological polar surface area (TPSA) is 84.7 Å². The molecular formula is C16H29N3O3. The van der Waals surface area contributed by atoms with E-state index in [-0.39, 0.29) is 23.8 Å². The number of nitrogens with two attached hydrogens (primary N) is 1. The Morgan fingerprint density at radius 3 is 2.73 bits per heavy atom. The third-order valence-corrected chi connectivity index (χ3v) is 4.63. The lowest BCUT2D eigenvalue weighted by Gasteiger charge is -2.36. The van der Waals surface area contributed by atoms with E-state index in [4.69, 9.17) is 10.5 Å². The van der Waals surface area contributed by atoms with Gasteiger partial charge in [0.1, 0.15) is 0 Å². The van der Waals surface area contributed by atoms with E-state index in [0.717, 1.165) is 38.6 Å². The summed E-state index contributed by atoms with van der Waals surface area (Å²) in [5, 5.41) is 3.03. The van der Waals surface area contributed by atoms with Crippen LogP contribution in [0.4, 0.5) is 0 Å². The Hall–Kier alpha value is -1.14. The Kier molecular flexibility index (Phi) is 6.64. The smallest absolute Gasteiger partial charge is 0.239 e. The minimum atomic E-state index is -0.436. The maximum absolute atomic E-state index is 12.6. The molecule has 0 aromatic heterocycles. The van der Waals surface area contributed by atoms with E-state index in [1.807, 2.05) is 11.8 Å². The van der Waals surface area contributed by atoms with Gasteiger partial charge in [-0.25, -0.2) is 0 Å². The van der Waals surface area contributed by atoms with E-state index in [1.165, 1.54) is 0 Å². The molecule has 0 radical (unpaired) electrons. The fourth-order valence-corrected chi connectivity index (χ4v) is 3.31. The Morgan fingerprint density at radius 2 is 2.05 bits per heavy atom. The van der Waals surface area contributed by atoms with Gasteiger partial charge in [-0.15, -0.1) is 0 Å². The molecule has 2 heterocycles. The zero-order valence-electron chi connectivity index (χ0n) is 13.6. The van der Waals surface area contributed by atoms with Gasteiger partial charge in [-0.3, -0.25) is 9.59 Å². The molecule has 2 fully saturated rings. The monoisotopic (exact) mass is 311 g/mol. The highest BCUT2D eigenvalue weighted by Gasteiger charge is 2.32. The molecule has 2 rings (SSSR count). The fraction of sp³-hybridized carbons (Fsp3) is 0.875. The van der Waals surface area contributed by atoms with Crippen LogP contribution in [0.2, 0.25) is 0 Å². The number of ether oxygens (including phenoxy) is 1. The lowest BCUT2D eigenvalue weighted by molar-refractivity contribution is -0.137. The van der Waals surface area contributed by atoms with Gasteiger partial charge < -0.3 is 20.7 Å². The average molecular weight is 311 g/mol. The van der Waals surface area contributed by atoms with Crippen molar-refractivity contribution >= 4 is 11.8 Å². The van der Waals surface area contributed by atoms with Gasteiger partial charge in [0.15, 0.2) is 0 Å². The molecule has 2 aliphatic heterocycles. The Bertz CT molecular complexity index is 383. The largest absolute Gasteiger partial charge is 0.381 e. The summed E-state index contributed by atoms with van der Waals surface area (Å²) in [6.45, 7) is 4.72. The minimum absolute atomic E-state index is 0.0290. The van der Waals surface area contributed by atoms with Crippen molar-refractivity contribution in [3.63, 3.8) is 0 Å². The van der Waals surface area contributed by atoms with Crippen molar-refractivity contribution in [2.75, 3.05) is 26.3 Å². The lowest BCUT2D eigenvalue weighted by atomic mass is 9.91. The standard InChI is InChI=1S/C16H29N3O3/c1-2-4-14(20)18-13-5-3-8-19(11-13)16(21)15(17)12-6-9-22-10-7-12/h12-13,15H,2-11,17H2,1H3,(H,18,20). The van der Waals surface area contributed by atoms with E-state index in [9.17, 15) is 9.59 Å². The number of nitrogens with one attached hydrogen (secondary N) is 1. The first kappa shape index (κ1) is 17.2. The fourth-order valence-electron chi connectivity index (χ4n) is 3.31. The third-order valence-electron chi connectivity index (χ3n) is 4.63. The molecule has 6 heteroatoms. The number of hydrogen-bond acceptors (Lipinski definition) is 4. The quantitative estimate of drug-likeness (QED) is 0.780. The average Bonchev–Trinajstić information content (AvgIpc) is 2.54. The molecule has 0 spiro atoms. The molecule has 2 aliphatic rings. The second-order valence-electron chi connectivity index (χ2n) is 6.42. The van der Waals surface area contributed by atoms with Crippen LogP contribution in [0.1, 0.15) is 45.4 Å². The Balaban J connectivity index is 1.85. The van der Waals surface area contributed by atoms with Crippen LogP contribution in [-0.2, 0) is 14.3 Å². The van der Waals surface area contributed by atoms with Gasteiger partial charge >= 0.3 is 0 Å². The van der Waals surface area contributed by atoms with Gasteiger partial charge in [0.2, 0.25) is 11.8 Å². The molecular weight excluding hydrogens is 282 g/mol. The van der Waals surface area contributed by atoms with Gasteiger partial charge in [-0.05, 0) is 38.0 Å². The van der Waals surface area contributed by atoms with Gasteiger partial charge in [-0.2, -0.15) is 0 Å². The van der Waals surface area contributed by atoms with Crippen LogP contribution in [0.5, 0.6) is 0 Å². The van der Waals surface area contributed by atoms with Crippen LogP contribution in [0, 0.1) is 5.92 Å². The van der Waals surface area contributed by atoms with Crippen molar-refractivity contribution in [3.05, 3.63) is 0 Å². The van der Waals surface area contributed by atoms with E-state index in [1.54, 1.807) is 0 Å². The summed E-state index contributed by atoms with van der Waals surface area (Å²) in [6, 6.07) is -0.368. The van der Waals surface area contributed by atoms with Crippen molar-refractivity contribution < 1.29 is 14.3 Å². The zero-order valence-corrected chi connectivity index (χ0v) is 13.6. The predicted octanol–water partition coefficient (Wildman–Crippen LogP) is 0.648. The second-order valence-corrected chi connectivity index (χ2v) is 6.42. The number of likely N-dealkylation sites (tertiary alicyclic amines) is 1. The second kappa shape index (κ2) is 8.48. The van der Waals surface area contributed by atoms with Crippen molar-refractivity contribution in [1.82, 2.24) is 10.2 Å². The van der Waals surface area contributed by atoms with E-state index in [0.29, 0.717) is 26.2 Å². The van der Waals surface area contributed by atoms with E-state index in [2.05, 4.69) is 5.32 Å². The molecule has 2 amide bonds. The first-order valence-electron chi connectivity index (χ1n) is 8.53. The van der Waals surface area contributed by atoms with Crippen LogP contribution >= 0.6 is 0 Å². The van der Waals surface area contributed by atoms with Crippen LogP contribution in [0.25, 0.3) is 0 Å². The van der Waals surface area contributed by atoms with E-state index < -0.39 is 6.04 Å². The highest BCUT2D eigenvalue weighted by atomic mass is 16.5. The van der Waals surface area contributed by atoms with E-state index >= 15 is 0 Å². The molecule has 6 nitrogen and oxygen atoms in total. The number of nitrogens with zero attached hydrogens (tertiary/aromatic N) is 1. The summed E-state index contributed by atoms with van der Waals surface area (Å²) < 4.78 is 5.33. The summed E-state index contributed by atoms with van der Waals surface area (Å²) >= 11 is 0. The maximum atomic E-state index is 12.6. The molecule has 0 saturated carbocycles. The molecule has 2 unspecified atom stereocenters. The molecule has 0 aliphatic carbocycles. The van der Waals surface area contributed by atoms with Crippen LogP contribution in [-0.4, -0.2) is 55.1 Å². The first-order chi connectivity index (χ1) is 10.6. The molecule has 2 saturated heterocycles. The summed E-state index contributed by atoms with van der Waals surface area (Å²) in [5.74, 6) is 0.327. The third kappa shape index (κ3) is 4.68. The van der Waals surface area contributed by atoms with Gasteiger partial charge in [-0.1, -0.05) is 6.92 Å². The van der Waals surface area contributed by atoms with Gasteiger partial charge in [0, 0.05) is 38.8 Å². The number of hydrogen-bond donors (Lipinski definition) is 2. The zero-order chi connectivity index (χ0) is 15.9. The maximum Gasteiger partial charge on any atom is 0.239 e. The Morgan fingerprint density at radius 1 is 1.32 bits per heavy atom. The Labute approximate surface area is 132 Å². The highest BCUT2D eigenvalue weighted by molar-refractivity contribution is 5.82. The lowest BCUT2D eigenvalue weighted by Crippen LogP contribution is -2.55. The molecule has 126 valence electrons. The minimum Gasteiger partial charge on any atom is -0.381 e. The van der Waals surface area contributed by atoms with Crippen molar-refractivity contribution in [1.29, 1.82) is 0 Å². The molecule has 22 heavy (non-hydrogen) atoms. The summed E-state index contributed by atoms with van der Waals surface area (Å²) in [6.07, 6.45) is 4.96. The highest BCUT2D eigenvalue weighted by Crippen LogP contribution is 2.20. The molecule has 0 bridgehead atoms. The van der Waals surface area contributed by atoms with Crippen LogP contribution < -0.4 is 11.1 Å². The number of carbonyl (C=O) groups excluding carboxylic acids is 2. The molecule has 2 atom stereocenters. The normalized spacial score (nSPS) is 24.8. The van der Waals surface area contributed by atoms with Crippen LogP contribution in [0.15, 0.2) is 0 Å².